The van der Waals surface area contributed by atoms with Gasteiger partial charge in [0.05, 0.1) is 5.41 Å². The molecular formula is C20H25N3O4. The first-order valence-corrected chi connectivity index (χ1v) is 8.71. The molecule has 1 unspecified atom stereocenters. The minimum atomic E-state index is -0.909. The Morgan fingerprint density at radius 2 is 1.81 bits per heavy atom. The molecule has 2 rings (SSSR count). The number of carboxylic acid groups (broad SMARTS) is 1. The molecule has 0 spiro atoms. The number of hydrogen-bond acceptors (Lipinski definition) is 3. The molecule has 1 aliphatic heterocycles. The van der Waals surface area contributed by atoms with Crippen LogP contribution in [0.2, 0.25) is 0 Å². The standard InChI is InChI=1S/C20H25N3O4/c1-4-11-22(12-5-2)17(24)15-6-8-16(9-7-15)21-19(27)23-13-10-20(3,14-23)18(25)26/h4-9H,1-2,10-14H2,3H3,(H,21,27)(H,25,26). The molecule has 144 valence electrons. The van der Waals surface area contributed by atoms with Crippen LogP contribution in [0.1, 0.15) is 23.7 Å². The van der Waals surface area contributed by atoms with E-state index in [0.717, 1.165) is 0 Å². The number of likely N-dealkylation sites (tertiary alicyclic amines) is 1. The van der Waals surface area contributed by atoms with Gasteiger partial charge >= 0.3 is 12.0 Å². The van der Waals surface area contributed by atoms with Crippen molar-refractivity contribution in [2.45, 2.75) is 13.3 Å². The number of nitrogens with zero attached hydrogens (tertiary/aromatic N) is 2. The van der Waals surface area contributed by atoms with Gasteiger partial charge in [0.25, 0.3) is 5.91 Å². The van der Waals surface area contributed by atoms with Crippen molar-refractivity contribution in [3.8, 4) is 0 Å². The molecule has 3 amide bonds. The van der Waals surface area contributed by atoms with Gasteiger partial charge < -0.3 is 20.2 Å². The average Bonchev–Trinajstić information content (AvgIpc) is 3.05. The first kappa shape index (κ1) is 20.2. The van der Waals surface area contributed by atoms with Crippen molar-refractivity contribution >= 4 is 23.6 Å². The van der Waals surface area contributed by atoms with Gasteiger partial charge in [0.1, 0.15) is 0 Å². The Labute approximate surface area is 159 Å². The Balaban J connectivity index is 2.00. The molecule has 2 N–H and O–H groups in total. The molecule has 1 heterocycles. The van der Waals surface area contributed by atoms with Crippen molar-refractivity contribution in [3.05, 3.63) is 55.1 Å². The van der Waals surface area contributed by atoms with E-state index in [4.69, 9.17) is 0 Å². The monoisotopic (exact) mass is 371 g/mol. The second-order valence-corrected chi connectivity index (χ2v) is 6.83. The van der Waals surface area contributed by atoms with Crippen LogP contribution in [-0.2, 0) is 4.79 Å². The van der Waals surface area contributed by atoms with Crippen LogP contribution in [0, 0.1) is 5.41 Å². The van der Waals surface area contributed by atoms with Crippen LogP contribution in [0.15, 0.2) is 49.6 Å². The Morgan fingerprint density at radius 3 is 2.30 bits per heavy atom. The van der Waals surface area contributed by atoms with Crippen molar-refractivity contribution in [2.75, 3.05) is 31.5 Å². The predicted molar refractivity (Wildman–Crippen MR) is 104 cm³/mol. The molecular weight excluding hydrogens is 346 g/mol. The Hall–Kier alpha value is -3.09. The van der Waals surface area contributed by atoms with Crippen molar-refractivity contribution in [3.63, 3.8) is 0 Å². The van der Waals surface area contributed by atoms with Crippen LogP contribution in [-0.4, -0.2) is 59.0 Å². The first-order valence-electron chi connectivity index (χ1n) is 8.71. The van der Waals surface area contributed by atoms with Crippen molar-refractivity contribution < 1.29 is 19.5 Å². The van der Waals surface area contributed by atoms with E-state index in [0.29, 0.717) is 37.3 Å². The third-order valence-electron chi connectivity index (χ3n) is 4.65. The highest BCUT2D eigenvalue weighted by molar-refractivity contribution is 5.96. The van der Waals surface area contributed by atoms with E-state index < -0.39 is 11.4 Å². The minimum absolute atomic E-state index is 0.149. The van der Waals surface area contributed by atoms with Crippen LogP contribution in [0.5, 0.6) is 0 Å². The van der Waals surface area contributed by atoms with Crippen LogP contribution >= 0.6 is 0 Å². The van der Waals surface area contributed by atoms with Crippen molar-refractivity contribution in [1.29, 1.82) is 0 Å². The lowest BCUT2D eigenvalue weighted by Crippen LogP contribution is -2.37. The zero-order chi connectivity index (χ0) is 20.0. The van der Waals surface area contributed by atoms with E-state index >= 15 is 0 Å². The van der Waals surface area contributed by atoms with E-state index in [1.807, 2.05) is 0 Å². The molecule has 7 heteroatoms. The van der Waals surface area contributed by atoms with Gasteiger partial charge in [0, 0.05) is 37.4 Å². The summed E-state index contributed by atoms with van der Waals surface area (Å²) in [7, 11) is 0. The highest BCUT2D eigenvalue weighted by Crippen LogP contribution is 2.30. The Bertz CT molecular complexity index is 734. The molecule has 27 heavy (non-hydrogen) atoms. The minimum Gasteiger partial charge on any atom is -0.481 e. The first-order chi connectivity index (χ1) is 12.8. The van der Waals surface area contributed by atoms with Crippen LogP contribution in [0.3, 0.4) is 0 Å². The molecule has 0 aromatic heterocycles. The van der Waals surface area contributed by atoms with Gasteiger partial charge in [-0.05, 0) is 37.6 Å². The lowest BCUT2D eigenvalue weighted by atomic mass is 9.90. The summed E-state index contributed by atoms with van der Waals surface area (Å²) in [4.78, 5) is 39.2. The lowest BCUT2D eigenvalue weighted by Gasteiger charge is -2.21. The van der Waals surface area contributed by atoms with E-state index in [1.54, 1.807) is 48.2 Å². The van der Waals surface area contributed by atoms with Gasteiger partial charge in [-0.2, -0.15) is 0 Å². The molecule has 1 fully saturated rings. The van der Waals surface area contributed by atoms with Gasteiger partial charge in [-0.3, -0.25) is 9.59 Å². The highest BCUT2D eigenvalue weighted by Gasteiger charge is 2.42. The molecule has 0 aliphatic carbocycles. The molecule has 1 atom stereocenters. The van der Waals surface area contributed by atoms with E-state index in [9.17, 15) is 19.5 Å². The smallest absolute Gasteiger partial charge is 0.321 e. The zero-order valence-electron chi connectivity index (χ0n) is 15.5. The van der Waals surface area contributed by atoms with Crippen LogP contribution in [0.4, 0.5) is 10.5 Å². The van der Waals surface area contributed by atoms with Gasteiger partial charge in [0.2, 0.25) is 0 Å². The fourth-order valence-corrected chi connectivity index (χ4v) is 2.94. The SMILES string of the molecule is C=CCN(CC=C)C(=O)c1ccc(NC(=O)N2CCC(C)(C(=O)O)C2)cc1. The molecule has 0 saturated carbocycles. The Kier molecular flexibility index (Phi) is 6.39. The van der Waals surface area contributed by atoms with E-state index in [-0.39, 0.29) is 18.5 Å². The summed E-state index contributed by atoms with van der Waals surface area (Å²) in [6.45, 7) is 10.3. The number of anilines is 1. The molecule has 7 nitrogen and oxygen atoms in total. The topological polar surface area (TPSA) is 90.0 Å². The molecule has 1 aromatic rings. The second kappa shape index (κ2) is 8.53. The number of carbonyl (C=O) groups is 3. The number of carbonyl (C=O) groups excluding carboxylic acids is 2. The molecule has 1 aromatic carbocycles. The fraction of sp³-hybridized carbons (Fsp3) is 0.350. The van der Waals surface area contributed by atoms with E-state index in [1.165, 1.54) is 4.90 Å². The largest absolute Gasteiger partial charge is 0.481 e. The van der Waals surface area contributed by atoms with E-state index in [2.05, 4.69) is 18.5 Å². The van der Waals surface area contributed by atoms with Gasteiger partial charge in [-0.1, -0.05) is 12.2 Å². The maximum absolute atomic E-state index is 12.5. The highest BCUT2D eigenvalue weighted by atomic mass is 16.4. The number of benzene rings is 1. The number of aliphatic carboxylic acids is 1. The summed E-state index contributed by atoms with van der Waals surface area (Å²) < 4.78 is 0. The number of hydrogen-bond donors (Lipinski definition) is 2. The lowest BCUT2D eigenvalue weighted by molar-refractivity contribution is -0.146. The summed E-state index contributed by atoms with van der Waals surface area (Å²) in [5, 5.41) is 12.0. The zero-order valence-corrected chi connectivity index (χ0v) is 15.5. The van der Waals surface area contributed by atoms with Crippen molar-refractivity contribution in [1.82, 2.24) is 9.80 Å². The fourth-order valence-electron chi connectivity index (χ4n) is 2.94. The summed E-state index contributed by atoms with van der Waals surface area (Å²) in [5.74, 6) is -1.05. The summed E-state index contributed by atoms with van der Waals surface area (Å²) in [5.41, 5.74) is 0.128. The number of carboxylic acids is 1. The maximum Gasteiger partial charge on any atom is 0.321 e. The quantitative estimate of drug-likeness (QED) is 0.721. The number of amides is 3. The molecule has 0 bridgehead atoms. The third kappa shape index (κ3) is 4.75. The number of rotatable bonds is 7. The van der Waals surface area contributed by atoms with Gasteiger partial charge in [-0.15, -0.1) is 13.2 Å². The predicted octanol–water partition coefficient (Wildman–Crippen LogP) is 2.83. The van der Waals surface area contributed by atoms with Crippen LogP contribution in [0.25, 0.3) is 0 Å². The summed E-state index contributed by atoms with van der Waals surface area (Å²) >= 11 is 0. The van der Waals surface area contributed by atoms with Gasteiger partial charge in [0.15, 0.2) is 0 Å². The maximum atomic E-state index is 12.5. The molecule has 0 radical (unpaired) electrons. The summed E-state index contributed by atoms with van der Waals surface area (Å²) in [6.07, 6.45) is 3.72. The second-order valence-electron chi connectivity index (χ2n) is 6.83. The van der Waals surface area contributed by atoms with Gasteiger partial charge in [-0.25, -0.2) is 4.79 Å². The third-order valence-corrected chi connectivity index (χ3v) is 4.65. The normalized spacial score (nSPS) is 18.6. The Morgan fingerprint density at radius 1 is 1.22 bits per heavy atom. The van der Waals surface area contributed by atoms with Crippen molar-refractivity contribution in [2.24, 2.45) is 5.41 Å². The van der Waals surface area contributed by atoms with Crippen LogP contribution < -0.4 is 5.32 Å². The molecule has 1 aliphatic rings. The summed E-state index contributed by atoms with van der Waals surface area (Å²) in [6, 6.07) is 6.24. The molecule has 1 saturated heterocycles. The average molecular weight is 371 g/mol. The number of urea groups is 1. The number of nitrogens with one attached hydrogen (secondary N) is 1.